The monoisotopic (exact) mass is 479 g/mol. The molecule has 0 saturated carbocycles. The van der Waals surface area contributed by atoms with E-state index in [9.17, 15) is 9.59 Å². The minimum Gasteiger partial charge on any atom is -0.326 e. The van der Waals surface area contributed by atoms with Gasteiger partial charge in [-0.3, -0.25) is 9.59 Å². The Balaban J connectivity index is 1.37. The first-order valence-corrected chi connectivity index (χ1v) is 11.8. The second-order valence-corrected chi connectivity index (χ2v) is 8.62. The third kappa shape index (κ3) is 5.71. The van der Waals surface area contributed by atoms with Crippen LogP contribution in [0.25, 0.3) is 10.8 Å². The summed E-state index contributed by atoms with van der Waals surface area (Å²) >= 11 is 7.17. The molecule has 2 N–H and O–H groups in total. The van der Waals surface area contributed by atoms with Crippen LogP contribution in [-0.2, 0) is 22.6 Å². The maximum absolute atomic E-state index is 12.6. The fraction of sp³-hybridized carbons (Fsp3) is 0.167. The zero-order chi connectivity index (χ0) is 23.2. The van der Waals surface area contributed by atoms with Gasteiger partial charge in [0.2, 0.25) is 11.8 Å². The Labute approximate surface area is 200 Å². The molecule has 0 aliphatic rings. The largest absolute Gasteiger partial charge is 0.326 e. The summed E-state index contributed by atoms with van der Waals surface area (Å²) in [5.41, 5.74) is 1.43. The molecule has 0 aliphatic heterocycles. The Morgan fingerprint density at radius 3 is 2.48 bits per heavy atom. The number of amides is 2. The molecule has 9 heteroatoms. The number of nitrogens with zero attached hydrogens (tertiary/aromatic N) is 3. The van der Waals surface area contributed by atoms with Crippen molar-refractivity contribution in [3.05, 3.63) is 77.6 Å². The molecule has 3 aromatic carbocycles. The van der Waals surface area contributed by atoms with Crippen LogP contribution in [0.2, 0.25) is 5.02 Å². The number of hydrogen-bond acceptors (Lipinski definition) is 5. The average molecular weight is 480 g/mol. The van der Waals surface area contributed by atoms with E-state index < -0.39 is 0 Å². The number of thioether (sulfide) groups is 1. The number of carbonyl (C=O) groups excluding carboxylic acids is 2. The fourth-order valence-corrected chi connectivity index (χ4v) is 4.35. The zero-order valence-corrected chi connectivity index (χ0v) is 19.5. The van der Waals surface area contributed by atoms with Gasteiger partial charge in [0, 0.05) is 28.3 Å². The number of anilines is 2. The van der Waals surface area contributed by atoms with Crippen molar-refractivity contribution in [2.24, 2.45) is 0 Å². The molecule has 2 amide bonds. The van der Waals surface area contributed by atoms with E-state index in [2.05, 4.69) is 20.8 Å². The molecule has 0 atom stereocenters. The molecule has 1 aromatic heterocycles. The first-order chi connectivity index (χ1) is 16.0. The van der Waals surface area contributed by atoms with Gasteiger partial charge in [0.15, 0.2) is 5.16 Å². The number of rotatable bonds is 8. The molecule has 33 heavy (non-hydrogen) atoms. The first kappa shape index (κ1) is 22.8. The molecule has 7 nitrogen and oxygen atoms in total. The number of halogens is 1. The summed E-state index contributed by atoms with van der Waals surface area (Å²) < 4.78 is 1.84. The van der Waals surface area contributed by atoms with E-state index >= 15 is 0 Å². The van der Waals surface area contributed by atoms with E-state index in [0.717, 1.165) is 16.5 Å². The highest BCUT2D eigenvalue weighted by Gasteiger charge is 2.16. The van der Waals surface area contributed by atoms with Crippen molar-refractivity contribution >= 4 is 57.3 Å². The molecule has 4 rings (SSSR count). The molecule has 0 spiro atoms. The van der Waals surface area contributed by atoms with Gasteiger partial charge in [-0.05, 0) is 42.6 Å². The topological polar surface area (TPSA) is 88.9 Å². The van der Waals surface area contributed by atoms with Crippen LogP contribution in [0.3, 0.4) is 0 Å². The van der Waals surface area contributed by atoms with Gasteiger partial charge < -0.3 is 15.2 Å². The molecule has 0 saturated heterocycles. The van der Waals surface area contributed by atoms with Crippen LogP contribution in [-0.4, -0.2) is 32.3 Å². The van der Waals surface area contributed by atoms with Crippen LogP contribution in [0.15, 0.2) is 71.9 Å². The van der Waals surface area contributed by atoms with E-state index in [4.69, 9.17) is 11.6 Å². The van der Waals surface area contributed by atoms with Gasteiger partial charge in [-0.1, -0.05) is 59.8 Å². The number of aromatic nitrogens is 3. The third-order valence-electron chi connectivity index (χ3n) is 4.95. The number of nitrogens with one attached hydrogen (secondary N) is 2. The highest BCUT2D eigenvalue weighted by atomic mass is 35.5. The van der Waals surface area contributed by atoms with E-state index in [0.29, 0.717) is 28.2 Å². The van der Waals surface area contributed by atoms with Crippen LogP contribution in [0.1, 0.15) is 12.7 Å². The molecule has 1 heterocycles. The Morgan fingerprint density at radius 1 is 0.939 bits per heavy atom. The van der Waals surface area contributed by atoms with Crippen molar-refractivity contribution in [1.82, 2.24) is 14.8 Å². The molecule has 0 aliphatic carbocycles. The van der Waals surface area contributed by atoms with Crippen LogP contribution in [0.4, 0.5) is 11.4 Å². The van der Waals surface area contributed by atoms with Gasteiger partial charge in [-0.25, -0.2) is 0 Å². The predicted octanol–water partition coefficient (Wildman–Crippen LogP) is 5.02. The highest BCUT2D eigenvalue weighted by molar-refractivity contribution is 7.99. The molecule has 0 radical (unpaired) electrons. The summed E-state index contributed by atoms with van der Waals surface area (Å²) in [5.74, 6) is 0.382. The molecular formula is C24H22ClN5O2S. The lowest BCUT2D eigenvalue weighted by Gasteiger charge is -2.10. The van der Waals surface area contributed by atoms with Crippen molar-refractivity contribution in [3.63, 3.8) is 0 Å². The van der Waals surface area contributed by atoms with E-state index in [-0.39, 0.29) is 24.0 Å². The SMILES string of the molecule is CCn1c(CC(=O)Nc2ccc(Cl)cc2)nnc1SCC(=O)Nc1cccc2ccccc12. The lowest BCUT2D eigenvalue weighted by molar-refractivity contribution is -0.116. The van der Waals surface area contributed by atoms with Gasteiger partial charge in [-0.15, -0.1) is 10.2 Å². The number of carbonyl (C=O) groups is 2. The van der Waals surface area contributed by atoms with Gasteiger partial charge in [0.25, 0.3) is 0 Å². The van der Waals surface area contributed by atoms with E-state index in [1.54, 1.807) is 24.3 Å². The maximum Gasteiger partial charge on any atom is 0.234 e. The molecule has 168 valence electrons. The van der Waals surface area contributed by atoms with Crippen molar-refractivity contribution in [2.45, 2.75) is 25.0 Å². The molecular weight excluding hydrogens is 458 g/mol. The number of fused-ring (bicyclic) bond motifs is 1. The minimum absolute atomic E-state index is 0.0756. The summed E-state index contributed by atoms with van der Waals surface area (Å²) in [5, 5.41) is 17.4. The first-order valence-electron chi connectivity index (χ1n) is 10.4. The number of hydrogen-bond donors (Lipinski definition) is 2. The van der Waals surface area contributed by atoms with Crippen LogP contribution >= 0.6 is 23.4 Å². The lowest BCUT2D eigenvalue weighted by atomic mass is 10.1. The van der Waals surface area contributed by atoms with Crippen LogP contribution in [0.5, 0.6) is 0 Å². The summed E-state index contributed by atoms with van der Waals surface area (Å²) in [6.07, 6.45) is 0.0756. The number of benzene rings is 3. The lowest BCUT2D eigenvalue weighted by Crippen LogP contribution is -2.18. The van der Waals surface area contributed by atoms with Gasteiger partial charge >= 0.3 is 0 Å². The Kier molecular flexibility index (Phi) is 7.26. The summed E-state index contributed by atoms with van der Waals surface area (Å²) in [6, 6.07) is 20.6. The van der Waals surface area contributed by atoms with Crippen molar-refractivity contribution in [3.8, 4) is 0 Å². The van der Waals surface area contributed by atoms with E-state index in [1.807, 2.05) is 54.0 Å². The van der Waals surface area contributed by atoms with Crippen LogP contribution in [0, 0.1) is 0 Å². The standard InChI is InChI=1S/C24H22ClN5O2S/c1-2-30-21(14-22(31)26-18-12-10-17(25)11-13-18)28-29-24(30)33-15-23(32)27-20-9-5-7-16-6-3-4-8-19(16)20/h3-13H,2,14-15H2,1H3,(H,26,31)(H,27,32). The Hall–Kier alpha value is -3.36. The smallest absolute Gasteiger partial charge is 0.234 e. The van der Waals surface area contributed by atoms with Gasteiger partial charge in [0.05, 0.1) is 12.2 Å². The second kappa shape index (κ2) is 10.5. The molecule has 0 fully saturated rings. The highest BCUT2D eigenvalue weighted by Crippen LogP contribution is 2.24. The van der Waals surface area contributed by atoms with Gasteiger partial charge in [-0.2, -0.15) is 0 Å². The minimum atomic E-state index is -0.204. The maximum atomic E-state index is 12.6. The Bertz CT molecular complexity index is 1280. The van der Waals surface area contributed by atoms with Gasteiger partial charge in [0.1, 0.15) is 5.82 Å². The molecule has 4 aromatic rings. The third-order valence-corrected chi connectivity index (χ3v) is 6.17. The molecule has 0 bridgehead atoms. The van der Waals surface area contributed by atoms with Crippen molar-refractivity contribution in [2.75, 3.05) is 16.4 Å². The van der Waals surface area contributed by atoms with Crippen molar-refractivity contribution in [1.29, 1.82) is 0 Å². The Morgan fingerprint density at radius 2 is 1.70 bits per heavy atom. The molecule has 0 unspecified atom stereocenters. The summed E-state index contributed by atoms with van der Waals surface area (Å²) in [4.78, 5) is 25.0. The van der Waals surface area contributed by atoms with Crippen LogP contribution < -0.4 is 10.6 Å². The summed E-state index contributed by atoms with van der Waals surface area (Å²) in [7, 11) is 0. The van der Waals surface area contributed by atoms with Crippen molar-refractivity contribution < 1.29 is 9.59 Å². The normalized spacial score (nSPS) is 10.8. The zero-order valence-electron chi connectivity index (χ0n) is 17.9. The average Bonchev–Trinajstić information content (AvgIpc) is 3.20. The predicted molar refractivity (Wildman–Crippen MR) is 133 cm³/mol. The quantitative estimate of drug-likeness (QED) is 0.346. The fourth-order valence-electron chi connectivity index (χ4n) is 3.41. The van der Waals surface area contributed by atoms with E-state index in [1.165, 1.54) is 11.8 Å². The summed E-state index contributed by atoms with van der Waals surface area (Å²) in [6.45, 7) is 2.54. The second-order valence-electron chi connectivity index (χ2n) is 7.24.